The van der Waals surface area contributed by atoms with Gasteiger partial charge in [0.1, 0.15) is 17.7 Å². The van der Waals surface area contributed by atoms with Gasteiger partial charge in [0, 0.05) is 22.2 Å². The highest BCUT2D eigenvalue weighted by Crippen LogP contribution is 2.36. The molecule has 2 aromatic carbocycles. The molecule has 0 radical (unpaired) electrons. The maximum Gasteiger partial charge on any atom is 0.158 e. The number of nitrogens with zero attached hydrogens (tertiary/aromatic N) is 2. The van der Waals surface area contributed by atoms with Crippen LogP contribution < -0.4 is 0 Å². The first-order valence-electron chi connectivity index (χ1n) is 5.94. The molecule has 100 valence electrons. The Hall–Kier alpha value is -2.07. The summed E-state index contributed by atoms with van der Waals surface area (Å²) in [6, 6.07) is 7.48. The van der Waals surface area contributed by atoms with Gasteiger partial charge in [0.15, 0.2) is 5.82 Å². The highest BCUT2D eigenvalue weighted by Gasteiger charge is 2.18. The lowest BCUT2D eigenvalue weighted by atomic mass is 10.0. The lowest BCUT2D eigenvalue weighted by molar-refractivity contribution is 0.620. The minimum absolute atomic E-state index is 0.0235. The van der Waals surface area contributed by atoms with Crippen LogP contribution in [0.3, 0.4) is 0 Å². The lowest BCUT2D eigenvalue weighted by Crippen LogP contribution is -1.96. The molecule has 20 heavy (non-hydrogen) atoms. The zero-order valence-electron chi connectivity index (χ0n) is 10.5. The van der Waals surface area contributed by atoms with Crippen molar-refractivity contribution < 1.29 is 8.78 Å². The maximum atomic E-state index is 14.6. The highest BCUT2D eigenvalue weighted by molar-refractivity contribution is 6.34. The van der Waals surface area contributed by atoms with Crippen LogP contribution in [-0.4, -0.2) is 9.97 Å². The summed E-state index contributed by atoms with van der Waals surface area (Å²) in [5.41, 5.74) is 0.902. The van der Waals surface area contributed by atoms with Gasteiger partial charge in [-0.1, -0.05) is 29.8 Å². The molecule has 0 unspecified atom stereocenters. The Morgan fingerprint density at radius 3 is 2.60 bits per heavy atom. The third-order valence-electron chi connectivity index (χ3n) is 3.16. The summed E-state index contributed by atoms with van der Waals surface area (Å²) in [7, 11) is 0. The summed E-state index contributed by atoms with van der Waals surface area (Å²) >= 11 is 6.12. The summed E-state index contributed by atoms with van der Waals surface area (Å²) in [6.45, 7) is 1.74. The Bertz CT molecular complexity index is 818. The molecule has 1 heterocycles. The summed E-state index contributed by atoms with van der Waals surface area (Å²) in [5, 5.41) is 0.660. The van der Waals surface area contributed by atoms with E-state index >= 15 is 0 Å². The van der Waals surface area contributed by atoms with Crippen molar-refractivity contribution in [2.75, 3.05) is 0 Å². The minimum Gasteiger partial charge on any atom is -0.241 e. The standard InChI is InChI=1S/C15H9ClF2N2/c1-8-10-6-11(16)13(9-4-2-3-5-12(9)17)14(18)15(10)20-7-19-8/h2-7H,1H3. The largest absolute Gasteiger partial charge is 0.241 e. The predicted molar refractivity (Wildman–Crippen MR) is 74.6 cm³/mol. The van der Waals surface area contributed by atoms with Crippen molar-refractivity contribution in [2.45, 2.75) is 6.92 Å². The third kappa shape index (κ3) is 1.93. The zero-order chi connectivity index (χ0) is 14.3. The second kappa shape index (κ2) is 4.80. The molecule has 0 fully saturated rings. The number of aryl methyl sites for hydroxylation is 1. The fourth-order valence-corrected chi connectivity index (χ4v) is 2.46. The van der Waals surface area contributed by atoms with Gasteiger partial charge in [0.2, 0.25) is 0 Å². The van der Waals surface area contributed by atoms with Crippen molar-refractivity contribution >= 4 is 22.5 Å². The van der Waals surface area contributed by atoms with Gasteiger partial charge >= 0.3 is 0 Å². The van der Waals surface area contributed by atoms with Gasteiger partial charge in [0.05, 0.1) is 5.02 Å². The van der Waals surface area contributed by atoms with Crippen molar-refractivity contribution in [2.24, 2.45) is 0 Å². The summed E-state index contributed by atoms with van der Waals surface area (Å²) in [4.78, 5) is 7.93. The smallest absolute Gasteiger partial charge is 0.158 e. The number of aromatic nitrogens is 2. The first-order chi connectivity index (χ1) is 9.59. The zero-order valence-corrected chi connectivity index (χ0v) is 11.2. The molecule has 0 bridgehead atoms. The molecule has 0 aliphatic carbocycles. The van der Waals surface area contributed by atoms with Gasteiger partial charge in [0.25, 0.3) is 0 Å². The van der Waals surface area contributed by atoms with Crippen molar-refractivity contribution in [3.05, 3.63) is 59.0 Å². The molecule has 0 aliphatic heterocycles. The summed E-state index contributed by atoms with van der Waals surface area (Å²) in [5.74, 6) is -1.17. The Morgan fingerprint density at radius 2 is 1.85 bits per heavy atom. The van der Waals surface area contributed by atoms with E-state index in [1.807, 2.05) is 0 Å². The molecule has 1 aromatic heterocycles. The normalized spacial score (nSPS) is 11.0. The molecule has 0 amide bonds. The van der Waals surface area contributed by atoms with Crippen LogP contribution in [0.1, 0.15) is 5.69 Å². The number of halogens is 3. The molecule has 0 aliphatic rings. The van der Waals surface area contributed by atoms with Crippen molar-refractivity contribution in [1.82, 2.24) is 9.97 Å². The van der Waals surface area contributed by atoms with Crippen LogP contribution in [0, 0.1) is 18.6 Å². The van der Waals surface area contributed by atoms with E-state index in [0.29, 0.717) is 11.1 Å². The highest BCUT2D eigenvalue weighted by atomic mass is 35.5. The van der Waals surface area contributed by atoms with Crippen LogP contribution >= 0.6 is 11.6 Å². The number of hydrogen-bond acceptors (Lipinski definition) is 2. The quantitative estimate of drug-likeness (QED) is 0.658. The third-order valence-corrected chi connectivity index (χ3v) is 3.46. The van der Waals surface area contributed by atoms with Crippen LogP contribution in [0.4, 0.5) is 8.78 Å². The second-order valence-corrected chi connectivity index (χ2v) is 4.79. The average molecular weight is 291 g/mol. The molecular weight excluding hydrogens is 282 g/mol. The molecular formula is C15H9ClF2N2. The van der Waals surface area contributed by atoms with Crippen LogP contribution in [0.25, 0.3) is 22.0 Å². The summed E-state index contributed by atoms with van der Waals surface area (Å²) in [6.07, 6.45) is 1.28. The van der Waals surface area contributed by atoms with Crippen LogP contribution in [-0.2, 0) is 0 Å². The molecule has 0 spiro atoms. The predicted octanol–water partition coefficient (Wildman–Crippen LogP) is 4.54. The monoisotopic (exact) mass is 290 g/mol. The Kier molecular flexibility index (Phi) is 3.10. The number of benzene rings is 2. The van der Waals surface area contributed by atoms with Crippen molar-refractivity contribution in [3.63, 3.8) is 0 Å². The van der Waals surface area contributed by atoms with Crippen molar-refractivity contribution in [1.29, 1.82) is 0 Å². The molecule has 3 aromatic rings. The fraction of sp³-hybridized carbons (Fsp3) is 0.0667. The van der Waals surface area contributed by atoms with Crippen molar-refractivity contribution in [3.8, 4) is 11.1 Å². The Morgan fingerprint density at radius 1 is 1.10 bits per heavy atom. The number of rotatable bonds is 1. The average Bonchev–Trinajstić information content (AvgIpc) is 2.42. The van der Waals surface area contributed by atoms with Gasteiger partial charge in [-0.25, -0.2) is 18.7 Å². The van der Waals surface area contributed by atoms with Crippen LogP contribution in [0.2, 0.25) is 5.02 Å². The maximum absolute atomic E-state index is 14.6. The second-order valence-electron chi connectivity index (χ2n) is 4.38. The van der Waals surface area contributed by atoms with E-state index in [0.717, 1.165) is 0 Å². The van der Waals surface area contributed by atoms with Gasteiger partial charge in [-0.3, -0.25) is 0 Å². The topological polar surface area (TPSA) is 25.8 Å². The Balaban J connectivity index is 2.41. The van der Waals surface area contributed by atoms with E-state index < -0.39 is 11.6 Å². The van der Waals surface area contributed by atoms with Gasteiger partial charge in [-0.15, -0.1) is 0 Å². The minimum atomic E-state index is -0.636. The van der Waals surface area contributed by atoms with Gasteiger partial charge in [-0.2, -0.15) is 0 Å². The first kappa shape index (κ1) is 12.9. The van der Waals surface area contributed by atoms with Crippen LogP contribution in [0.5, 0.6) is 0 Å². The molecule has 0 saturated heterocycles. The van der Waals surface area contributed by atoms with Gasteiger partial charge in [-0.05, 0) is 19.1 Å². The van der Waals surface area contributed by atoms with E-state index in [-0.39, 0.29) is 21.7 Å². The van der Waals surface area contributed by atoms with E-state index in [4.69, 9.17) is 11.6 Å². The first-order valence-corrected chi connectivity index (χ1v) is 6.31. The summed E-state index contributed by atoms with van der Waals surface area (Å²) < 4.78 is 28.5. The molecule has 0 saturated carbocycles. The lowest BCUT2D eigenvalue weighted by Gasteiger charge is -2.10. The van der Waals surface area contributed by atoms with Crippen LogP contribution in [0.15, 0.2) is 36.7 Å². The molecule has 2 nitrogen and oxygen atoms in total. The molecule has 3 rings (SSSR count). The molecule has 5 heteroatoms. The SMILES string of the molecule is Cc1ncnc2c(F)c(-c3ccccc3F)c(Cl)cc12. The number of fused-ring (bicyclic) bond motifs is 1. The van der Waals surface area contributed by atoms with E-state index in [1.165, 1.54) is 24.5 Å². The van der Waals surface area contributed by atoms with E-state index in [1.54, 1.807) is 19.1 Å². The van der Waals surface area contributed by atoms with Gasteiger partial charge < -0.3 is 0 Å². The van der Waals surface area contributed by atoms with E-state index in [2.05, 4.69) is 9.97 Å². The number of hydrogen-bond donors (Lipinski definition) is 0. The molecule has 0 N–H and O–H groups in total. The molecule has 0 atom stereocenters. The Labute approximate surface area is 119 Å². The van der Waals surface area contributed by atoms with E-state index in [9.17, 15) is 8.78 Å². The fourth-order valence-electron chi connectivity index (χ4n) is 2.16.